The summed E-state index contributed by atoms with van der Waals surface area (Å²) in [4.78, 5) is 4.62. The van der Waals surface area contributed by atoms with Crippen molar-refractivity contribution < 1.29 is 17.6 Å². The van der Waals surface area contributed by atoms with E-state index < -0.39 is 10.8 Å². The number of rotatable bonds is 13. The molecule has 0 fully saturated rings. The number of fused-ring (bicyclic) bond motifs is 12. The molecule has 14 aromatic carbocycles. The van der Waals surface area contributed by atoms with Crippen LogP contribution in [-0.4, -0.2) is 0 Å². The van der Waals surface area contributed by atoms with Crippen LogP contribution in [-0.2, 0) is 10.8 Å². The summed E-state index contributed by atoms with van der Waals surface area (Å²) in [5.41, 5.74) is 24.0. The smallest absolute Gasteiger partial charge is 0.159 e. The van der Waals surface area contributed by atoms with Gasteiger partial charge in [-0.2, -0.15) is 0 Å². The van der Waals surface area contributed by atoms with Gasteiger partial charge in [0.1, 0.15) is 22.8 Å². The van der Waals surface area contributed by atoms with E-state index in [1.807, 2.05) is 60.7 Å². The molecule has 2 aliphatic rings. The summed E-state index contributed by atoms with van der Waals surface area (Å²) in [7, 11) is 0. The summed E-state index contributed by atoms with van der Waals surface area (Å²) >= 11 is 0. The number of anilines is 6. The predicted molar refractivity (Wildman–Crippen MR) is 391 cm³/mol. The first kappa shape index (κ1) is 56.4. The fourth-order valence-electron chi connectivity index (χ4n) is 15.8. The zero-order valence-corrected chi connectivity index (χ0v) is 52.1. The molecule has 0 saturated carbocycles. The summed E-state index contributed by atoms with van der Waals surface area (Å²) in [6, 6.07) is 109. The molecule has 0 spiro atoms. The Morgan fingerprint density at radius 2 is 0.625 bits per heavy atom. The molecular formula is C90H58F2N2O2. The quantitative estimate of drug-likeness (QED) is 0.115. The highest BCUT2D eigenvalue weighted by Gasteiger charge is 2.48. The molecule has 0 amide bonds. The van der Waals surface area contributed by atoms with Crippen molar-refractivity contribution in [2.75, 3.05) is 9.80 Å². The van der Waals surface area contributed by atoms with Gasteiger partial charge in [0.15, 0.2) is 11.2 Å². The lowest BCUT2D eigenvalue weighted by molar-refractivity contribution is 0.624. The predicted octanol–water partition coefficient (Wildman–Crippen LogP) is 24.4. The average Bonchev–Trinajstić information content (AvgIpc) is 1.53. The van der Waals surface area contributed by atoms with E-state index in [9.17, 15) is 0 Å². The number of furan rings is 2. The number of hydrogen-bond donors (Lipinski definition) is 0. The van der Waals surface area contributed by atoms with Crippen molar-refractivity contribution >= 4 is 90.2 Å². The number of para-hydroxylation sites is 4. The summed E-state index contributed by atoms with van der Waals surface area (Å²) in [6.07, 6.45) is 3.73. The maximum Gasteiger partial charge on any atom is 0.159 e. The van der Waals surface area contributed by atoms with Gasteiger partial charge in [0.05, 0.1) is 22.2 Å². The molecule has 0 radical (unpaired) electrons. The van der Waals surface area contributed by atoms with Gasteiger partial charge in [-0.1, -0.05) is 244 Å². The minimum atomic E-state index is -0.810. The van der Waals surface area contributed by atoms with Crippen LogP contribution in [0.5, 0.6) is 0 Å². The Labute approximate surface area is 554 Å². The lowest BCUT2D eigenvalue weighted by Crippen LogP contribution is -2.29. The van der Waals surface area contributed by atoms with E-state index in [4.69, 9.17) is 8.83 Å². The summed E-state index contributed by atoms with van der Waals surface area (Å²) < 4.78 is 44.0. The van der Waals surface area contributed by atoms with E-state index in [1.165, 1.54) is 0 Å². The van der Waals surface area contributed by atoms with Gasteiger partial charge in [-0.3, -0.25) is 0 Å². The standard InChI is InChI=1S/C90H58F2N2O2/c1-3-57-27-35-61(36-28-57)89(63-39-43-65(91)44-40-63)79-21-9-5-15-71(79)73-53-51-69(55-81(73)89)93(83-23-13-19-77-75-17-7-11-25-85(75)95-87(77)83)67-47-31-59(32-48-67)60-33-49-68(50-34-60)94(84-24-14-20-78-76-18-8-12-26-86(76)96-88(78)84)70-52-54-74-72-16-6-10-22-80(72)90(82(74)56-70,64-41-45-66(92)46-42-64)62-37-29-58(4-2)30-38-62/h3-56H,1-2H2. The van der Waals surface area contributed by atoms with Gasteiger partial charge in [-0.25, -0.2) is 8.78 Å². The molecule has 454 valence electrons. The van der Waals surface area contributed by atoms with Gasteiger partial charge in [-0.05, 0) is 186 Å². The molecule has 0 bridgehead atoms. The molecule has 0 saturated heterocycles. The van der Waals surface area contributed by atoms with E-state index in [-0.39, 0.29) is 11.6 Å². The highest BCUT2D eigenvalue weighted by atomic mass is 19.1. The van der Waals surface area contributed by atoms with E-state index in [2.05, 4.69) is 266 Å². The van der Waals surface area contributed by atoms with Gasteiger partial charge in [0.25, 0.3) is 0 Å². The topological polar surface area (TPSA) is 32.8 Å². The largest absolute Gasteiger partial charge is 0.454 e. The molecule has 0 aliphatic heterocycles. The SMILES string of the molecule is C=Cc1ccc(C2(c3ccc(F)cc3)c3ccccc3-c3ccc(N(c4ccc(-c5ccc(N(c6ccc7c(c6)C(c6ccc(F)cc6)(c6ccc(C=C)cc6)c6ccccc6-7)c6cccc7c6oc6ccccc67)cc5)cc4)c4cccc5c4oc4ccccc45)cc32)cc1. The summed E-state index contributed by atoms with van der Waals surface area (Å²) in [5.74, 6) is -0.583. The molecule has 2 unspecified atom stereocenters. The molecule has 2 heterocycles. The van der Waals surface area contributed by atoms with Crippen molar-refractivity contribution in [2.24, 2.45) is 0 Å². The minimum Gasteiger partial charge on any atom is -0.454 e. The molecule has 2 aliphatic carbocycles. The Bertz CT molecular complexity index is 5410. The van der Waals surface area contributed by atoms with Crippen LogP contribution in [0.4, 0.5) is 42.9 Å². The minimum absolute atomic E-state index is 0.291. The van der Waals surface area contributed by atoms with Gasteiger partial charge in [0.2, 0.25) is 0 Å². The molecule has 4 nitrogen and oxygen atoms in total. The molecular weight excluding hydrogens is 1180 g/mol. The Kier molecular flexibility index (Phi) is 13.0. The molecule has 6 heteroatoms. The fourth-order valence-corrected chi connectivity index (χ4v) is 15.8. The van der Waals surface area contributed by atoms with E-state index in [0.29, 0.717) is 0 Å². The maximum atomic E-state index is 15.1. The third-order valence-corrected chi connectivity index (χ3v) is 20.1. The van der Waals surface area contributed by atoms with Crippen LogP contribution in [0.3, 0.4) is 0 Å². The Morgan fingerprint density at radius 1 is 0.292 bits per heavy atom. The van der Waals surface area contributed by atoms with Crippen molar-refractivity contribution in [3.8, 4) is 33.4 Å². The highest BCUT2D eigenvalue weighted by Crippen LogP contribution is 2.60. The van der Waals surface area contributed by atoms with Crippen LogP contribution in [0.1, 0.15) is 55.6 Å². The first-order valence-corrected chi connectivity index (χ1v) is 32.4. The third-order valence-electron chi connectivity index (χ3n) is 20.1. The van der Waals surface area contributed by atoms with Crippen molar-refractivity contribution in [2.45, 2.75) is 10.8 Å². The first-order valence-electron chi connectivity index (χ1n) is 32.4. The number of hydrogen-bond acceptors (Lipinski definition) is 4. The van der Waals surface area contributed by atoms with E-state index in [1.54, 1.807) is 24.3 Å². The second-order valence-electron chi connectivity index (χ2n) is 25.0. The van der Waals surface area contributed by atoms with Crippen molar-refractivity contribution in [1.82, 2.24) is 0 Å². The van der Waals surface area contributed by atoms with Crippen LogP contribution in [0.2, 0.25) is 0 Å². The first-order chi connectivity index (χ1) is 47.3. The highest BCUT2D eigenvalue weighted by molar-refractivity contribution is 6.12. The second kappa shape index (κ2) is 22.2. The summed E-state index contributed by atoms with van der Waals surface area (Å²) in [5, 5.41) is 4.11. The van der Waals surface area contributed by atoms with Gasteiger partial charge in [0, 0.05) is 44.3 Å². The fraction of sp³-hybridized carbons (Fsp3) is 0.0222. The normalized spacial score (nSPS) is 15.1. The molecule has 0 N–H and O–H groups in total. The van der Waals surface area contributed by atoms with Gasteiger partial charge in [-0.15, -0.1) is 0 Å². The molecule has 2 atom stereocenters. The van der Waals surface area contributed by atoms with Crippen molar-refractivity contribution in [1.29, 1.82) is 0 Å². The molecule has 18 rings (SSSR count). The van der Waals surface area contributed by atoms with Gasteiger partial charge < -0.3 is 18.6 Å². The van der Waals surface area contributed by atoms with Crippen LogP contribution in [0.15, 0.2) is 337 Å². The molecule has 2 aromatic heterocycles. The lowest BCUT2D eigenvalue weighted by atomic mass is 9.67. The number of nitrogens with zero attached hydrogens (tertiary/aromatic N) is 2. The van der Waals surface area contributed by atoms with E-state index in [0.717, 1.165) is 167 Å². The van der Waals surface area contributed by atoms with Crippen LogP contribution < -0.4 is 9.80 Å². The van der Waals surface area contributed by atoms with Crippen molar-refractivity contribution in [3.63, 3.8) is 0 Å². The number of benzene rings is 14. The zero-order valence-electron chi connectivity index (χ0n) is 52.1. The average molecular weight is 1240 g/mol. The summed E-state index contributed by atoms with van der Waals surface area (Å²) in [6.45, 7) is 8.15. The van der Waals surface area contributed by atoms with Gasteiger partial charge >= 0.3 is 0 Å². The zero-order chi connectivity index (χ0) is 64.2. The van der Waals surface area contributed by atoms with E-state index >= 15 is 8.78 Å². The van der Waals surface area contributed by atoms with Crippen molar-refractivity contribution in [3.05, 3.63) is 396 Å². The monoisotopic (exact) mass is 1240 g/mol. The molecule has 96 heavy (non-hydrogen) atoms. The Morgan fingerprint density at radius 3 is 1.02 bits per heavy atom. The second-order valence-corrected chi connectivity index (χ2v) is 25.0. The van der Waals surface area contributed by atoms with Crippen LogP contribution in [0, 0.1) is 11.6 Å². The Balaban J connectivity index is 0.786. The number of halogens is 2. The lowest BCUT2D eigenvalue weighted by Gasteiger charge is -2.35. The molecule has 16 aromatic rings. The van der Waals surface area contributed by atoms with Crippen LogP contribution in [0.25, 0.3) is 89.4 Å². The van der Waals surface area contributed by atoms with Crippen LogP contribution >= 0.6 is 0 Å². The third kappa shape index (κ3) is 8.51. The Hall–Kier alpha value is -12.4. The maximum absolute atomic E-state index is 15.1.